The molecule has 7 heteroatoms. The topological polar surface area (TPSA) is 69.4 Å². The van der Waals surface area contributed by atoms with Crippen LogP contribution in [0.25, 0.3) is 0 Å². The second-order valence-corrected chi connectivity index (χ2v) is 5.75. The average Bonchev–Trinajstić information content (AvgIpc) is 2.46. The van der Waals surface area contributed by atoms with Crippen LogP contribution in [0.1, 0.15) is 15.9 Å². The largest absolute Gasteiger partial charge is 0.488 e. The number of rotatable bonds is 5. The quantitative estimate of drug-likeness (QED) is 0.410. The number of hydrogen-bond donors (Lipinski definition) is 0. The van der Waals surface area contributed by atoms with Crippen LogP contribution in [-0.2, 0) is 6.61 Å². The molecule has 0 spiro atoms. The lowest BCUT2D eigenvalue weighted by molar-refractivity contribution is -0.385. The van der Waals surface area contributed by atoms with Gasteiger partial charge in [-0.2, -0.15) is 0 Å². The van der Waals surface area contributed by atoms with Gasteiger partial charge in [0.15, 0.2) is 0 Å². The van der Waals surface area contributed by atoms with Gasteiger partial charge in [0.1, 0.15) is 23.1 Å². The van der Waals surface area contributed by atoms with Crippen LogP contribution in [0.3, 0.4) is 0 Å². The van der Waals surface area contributed by atoms with Gasteiger partial charge in [-0.25, -0.2) is 0 Å². The Bertz CT molecular complexity index is 703. The maximum atomic E-state index is 10.9. The molecule has 0 saturated carbocycles. The number of carbonyl (C=O) groups excluding carboxylic acids is 1. The molecule has 0 fully saturated rings. The molecule has 0 aliphatic carbocycles. The smallest absolute Gasteiger partial charge is 0.283 e. The fraction of sp³-hybridized carbons (Fsp3) is 0.0714. The van der Waals surface area contributed by atoms with Gasteiger partial charge in [-0.3, -0.25) is 14.9 Å². The highest BCUT2D eigenvalue weighted by Gasteiger charge is 2.15. The number of nitro benzene ring substituents is 1. The monoisotopic (exact) mass is 413 g/mol. The molecule has 0 aliphatic rings. The number of carbonyl (C=O) groups is 1. The first-order valence-electron chi connectivity index (χ1n) is 5.82. The molecule has 0 heterocycles. The lowest BCUT2D eigenvalue weighted by atomic mass is 10.2. The van der Waals surface area contributed by atoms with Crippen molar-refractivity contribution in [2.75, 3.05) is 0 Å². The normalized spacial score (nSPS) is 10.2. The maximum Gasteiger partial charge on any atom is 0.283 e. The lowest BCUT2D eigenvalue weighted by Crippen LogP contribution is -1.99. The maximum absolute atomic E-state index is 10.9. The van der Waals surface area contributed by atoms with E-state index in [9.17, 15) is 14.9 Å². The van der Waals surface area contributed by atoms with E-state index in [0.717, 1.165) is 6.29 Å². The van der Waals surface area contributed by atoms with Gasteiger partial charge < -0.3 is 4.74 Å². The summed E-state index contributed by atoms with van der Waals surface area (Å²) in [5.41, 5.74) is 1.19. The minimum atomic E-state index is -0.456. The summed E-state index contributed by atoms with van der Waals surface area (Å²) < 4.78 is 6.67. The summed E-state index contributed by atoms with van der Waals surface area (Å²) in [6, 6.07) is 9.71. The van der Waals surface area contributed by atoms with Gasteiger partial charge >= 0.3 is 0 Å². The Kier molecular flexibility index (Phi) is 5.08. The molecule has 0 N–H and O–H groups in total. The Morgan fingerprint density at radius 2 is 2.00 bits per heavy atom. The standard InChI is InChI=1S/C14H9Br2NO4/c15-11-6-9(7-18)4-5-13(11)21-8-10-2-1-3-12(14(10)16)17(19)20/h1-7H,8H2. The number of halogens is 2. The molecule has 2 rings (SSSR count). The van der Waals surface area contributed by atoms with Gasteiger partial charge in [0.2, 0.25) is 0 Å². The Morgan fingerprint density at radius 3 is 2.62 bits per heavy atom. The van der Waals surface area contributed by atoms with Crippen LogP contribution in [0.5, 0.6) is 5.75 Å². The first-order valence-corrected chi connectivity index (χ1v) is 7.41. The predicted molar refractivity (Wildman–Crippen MR) is 84.7 cm³/mol. The summed E-state index contributed by atoms with van der Waals surface area (Å²) in [5.74, 6) is 0.555. The number of hydrogen-bond acceptors (Lipinski definition) is 4. The zero-order chi connectivity index (χ0) is 15.4. The summed E-state index contributed by atoms with van der Waals surface area (Å²) in [4.78, 5) is 21.1. The molecular weight excluding hydrogens is 406 g/mol. The van der Waals surface area contributed by atoms with E-state index in [1.54, 1.807) is 30.3 Å². The SMILES string of the molecule is O=Cc1ccc(OCc2cccc([N+](=O)[O-])c2Br)c(Br)c1. The summed E-state index contributed by atoms with van der Waals surface area (Å²) in [7, 11) is 0. The van der Waals surface area contributed by atoms with Crippen molar-refractivity contribution in [1.29, 1.82) is 0 Å². The van der Waals surface area contributed by atoms with Crippen LogP contribution in [-0.4, -0.2) is 11.2 Å². The highest BCUT2D eigenvalue weighted by molar-refractivity contribution is 9.11. The van der Waals surface area contributed by atoms with Crippen molar-refractivity contribution in [2.24, 2.45) is 0 Å². The summed E-state index contributed by atoms with van der Waals surface area (Å²) >= 11 is 6.53. The van der Waals surface area contributed by atoms with E-state index in [1.807, 2.05) is 0 Å². The number of nitrogens with zero attached hydrogens (tertiary/aromatic N) is 1. The Morgan fingerprint density at radius 1 is 1.24 bits per heavy atom. The second kappa shape index (κ2) is 6.82. The third-order valence-electron chi connectivity index (χ3n) is 2.73. The lowest BCUT2D eigenvalue weighted by Gasteiger charge is -2.10. The number of aldehydes is 1. The first-order chi connectivity index (χ1) is 10.0. The molecule has 0 saturated heterocycles. The van der Waals surface area contributed by atoms with E-state index in [2.05, 4.69) is 31.9 Å². The van der Waals surface area contributed by atoms with Crippen LogP contribution >= 0.6 is 31.9 Å². The van der Waals surface area contributed by atoms with Crippen LogP contribution < -0.4 is 4.74 Å². The van der Waals surface area contributed by atoms with Crippen molar-refractivity contribution in [1.82, 2.24) is 0 Å². The fourth-order valence-electron chi connectivity index (χ4n) is 1.68. The summed E-state index contributed by atoms with van der Waals surface area (Å²) in [5, 5.41) is 10.9. The van der Waals surface area contributed by atoms with Crippen LogP contribution in [0, 0.1) is 10.1 Å². The molecule has 0 amide bonds. The van der Waals surface area contributed by atoms with Crippen molar-refractivity contribution in [2.45, 2.75) is 6.61 Å². The summed E-state index contributed by atoms with van der Waals surface area (Å²) in [6.45, 7) is 0.168. The molecule has 0 radical (unpaired) electrons. The second-order valence-electron chi connectivity index (χ2n) is 4.10. The van der Waals surface area contributed by atoms with Crippen LogP contribution in [0.2, 0.25) is 0 Å². The molecule has 0 aromatic heterocycles. The van der Waals surface area contributed by atoms with Crippen molar-refractivity contribution in [3.8, 4) is 5.75 Å². The van der Waals surface area contributed by atoms with Gasteiger partial charge in [-0.1, -0.05) is 12.1 Å². The number of benzene rings is 2. The Labute approximate surface area is 137 Å². The number of ether oxygens (including phenoxy) is 1. The third-order valence-corrected chi connectivity index (χ3v) is 4.27. The number of nitro groups is 1. The molecule has 108 valence electrons. The fourth-order valence-corrected chi connectivity index (χ4v) is 2.72. The van der Waals surface area contributed by atoms with Gasteiger partial charge in [-0.15, -0.1) is 0 Å². The Hall–Kier alpha value is -1.73. The molecule has 0 atom stereocenters. The minimum Gasteiger partial charge on any atom is -0.488 e. The van der Waals surface area contributed by atoms with Gasteiger partial charge in [0, 0.05) is 17.2 Å². The van der Waals surface area contributed by atoms with E-state index in [1.165, 1.54) is 6.07 Å². The van der Waals surface area contributed by atoms with Gasteiger partial charge in [0.25, 0.3) is 5.69 Å². The van der Waals surface area contributed by atoms with E-state index in [-0.39, 0.29) is 12.3 Å². The van der Waals surface area contributed by atoms with Crippen molar-refractivity contribution < 1.29 is 14.5 Å². The van der Waals surface area contributed by atoms with E-state index in [4.69, 9.17) is 4.74 Å². The third kappa shape index (κ3) is 3.68. The molecule has 2 aromatic carbocycles. The average molecular weight is 415 g/mol. The van der Waals surface area contributed by atoms with E-state index >= 15 is 0 Å². The molecule has 0 unspecified atom stereocenters. The summed E-state index contributed by atoms with van der Waals surface area (Å²) in [6.07, 6.45) is 0.742. The van der Waals surface area contributed by atoms with Gasteiger partial charge in [0.05, 0.1) is 9.40 Å². The zero-order valence-electron chi connectivity index (χ0n) is 10.6. The van der Waals surface area contributed by atoms with Crippen molar-refractivity contribution in [3.05, 3.63) is 66.6 Å². The molecular formula is C14H9Br2NO4. The molecule has 0 bridgehead atoms. The molecule has 2 aromatic rings. The van der Waals surface area contributed by atoms with Crippen molar-refractivity contribution in [3.63, 3.8) is 0 Å². The molecule has 5 nitrogen and oxygen atoms in total. The predicted octanol–water partition coefficient (Wildman–Crippen LogP) is 4.51. The van der Waals surface area contributed by atoms with E-state index < -0.39 is 4.92 Å². The van der Waals surface area contributed by atoms with Crippen molar-refractivity contribution >= 4 is 43.8 Å². The molecule has 0 aliphatic heterocycles. The highest BCUT2D eigenvalue weighted by atomic mass is 79.9. The van der Waals surface area contributed by atoms with E-state index in [0.29, 0.717) is 25.8 Å². The van der Waals surface area contributed by atoms with Crippen LogP contribution in [0.15, 0.2) is 45.3 Å². The zero-order valence-corrected chi connectivity index (χ0v) is 13.8. The minimum absolute atomic E-state index is 0.00790. The molecule has 21 heavy (non-hydrogen) atoms. The Balaban J connectivity index is 2.19. The van der Waals surface area contributed by atoms with Crippen LogP contribution in [0.4, 0.5) is 5.69 Å². The highest BCUT2D eigenvalue weighted by Crippen LogP contribution is 2.31. The first kappa shape index (κ1) is 15.7. The van der Waals surface area contributed by atoms with Gasteiger partial charge in [-0.05, 0) is 50.1 Å².